The Balaban J connectivity index is 3.41. The molecule has 0 bridgehead atoms. The molecular weight excluding hydrogens is 194 g/mol. The first kappa shape index (κ1) is 14.4. The molecule has 0 aliphatic carbocycles. The number of ether oxygens (including phenoxy) is 2. The number of nitrogens with one attached hydrogen (secondary N) is 1. The molecule has 0 spiro atoms. The molecule has 0 rings (SSSR count). The van der Waals surface area contributed by atoms with Crippen LogP contribution in [0, 0.1) is 5.41 Å². The van der Waals surface area contributed by atoms with E-state index in [4.69, 9.17) is 9.47 Å². The van der Waals surface area contributed by atoms with Crippen molar-refractivity contribution in [3.8, 4) is 0 Å². The SMILES string of the molecule is CCC(=O)NCCOCC(C)(C)COC. The van der Waals surface area contributed by atoms with Crippen LogP contribution in [0.5, 0.6) is 0 Å². The highest BCUT2D eigenvalue weighted by Gasteiger charge is 2.17. The second-order valence-corrected chi connectivity index (χ2v) is 4.35. The van der Waals surface area contributed by atoms with Gasteiger partial charge in [0.15, 0.2) is 0 Å². The maximum absolute atomic E-state index is 10.9. The van der Waals surface area contributed by atoms with Gasteiger partial charge in [-0.15, -0.1) is 0 Å². The minimum absolute atomic E-state index is 0.0313. The van der Waals surface area contributed by atoms with Crippen LogP contribution in [0.4, 0.5) is 0 Å². The fourth-order valence-corrected chi connectivity index (χ4v) is 1.17. The fourth-order valence-electron chi connectivity index (χ4n) is 1.17. The Hall–Kier alpha value is -0.610. The van der Waals surface area contributed by atoms with Crippen LogP contribution in [-0.2, 0) is 14.3 Å². The molecule has 0 aromatic carbocycles. The fraction of sp³-hybridized carbons (Fsp3) is 0.909. The first-order valence-electron chi connectivity index (χ1n) is 5.35. The summed E-state index contributed by atoms with van der Waals surface area (Å²) < 4.78 is 10.5. The molecule has 0 aliphatic heterocycles. The van der Waals surface area contributed by atoms with Crippen molar-refractivity contribution in [1.82, 2.24) is 5.32 Å². The van der Waals surface area contributed by atoms with E-state index < -0.39 is 0 Å². The lowest BCUT2D eigenvalue weighted by molar-refractivity contribution is -0.121. The molecule has 0 aromatic heterocycles. The molecule has 0 aliphatic rings. The van der Waals surface area contributed by atoms with Gasteiger partial charge in [0.05, 0.1) is 19.8 Å². The monoisotopic (exact) mass is 217 g/mol. The lowest BCUT2D eigenvalue weighted by atomic mass is 9.96. The largest absolute Gasteiger partial charge is 0.384 e. The summed E-state index contributed by atoms with van der Waals surface area (Å²) in [5, 5.41) is 2.76. The van der Waals surface area contributed by atoms with Gasteiger partial charge in [-0.2, -0.15) is 0 Å². The zero-order valence-electron chi connectivity index (χ0n) is 10.3. The van der Waals surface area contributed by atoms with Gasteiger partial charge in [-0.25, -0.2) is 0 Å². The van der Waals surface area contributed by atoms with Crippen molar-refractivity contribution in [3.63, 3.8) is 0 Å². The highest BCUT2D eigenvalue weighted by molar-refractivity contribution is 5.75. The standard InChI is InChI=1S/C11H23NO3/c1-5-10(13)12-6-7-15-9-11(2,3)8-14-4/h5-9H2,1-4H3,(H,12,13). The summed E-state index contributed by atoms with van der Waals surface area (Å²) in [5.41, 5.74) is 0.0313. The maximum atomic E-state index is 10.9. The number of rotatable bonds is 8. The van der Waals surface area contributed by atoms with Crippen molar-refractivity contribution in [2.75, 3.05) is 33.5 Å². The van der Waals surface area contributed by atoms with Crippen molar-refractivity contribution in [2.45, 2.75) is 27.2 Å². The number of hydrogen-bond donors (Lipinski definition) is 1. The van der Waals surface area contributed by atoms with Gasteiger partial charge in [0, 0.05) is 25.5 Å². The average molecular weight is 217 g/mol. The molecular formula is C11H23NO3. The van der Waals surface area contributed by atoms with Crippen molar-refractivity contribution < 1.29 is 14.3 Å². The van der Waals surface area contributed by atoms with Gasteiger partial charge >= 0.3 is 0 Å². The molecule has 0 heterocycles. The summed E-state index contributed by atoms with van der Waals surface area (Å²) in [6.45, 7) is 8.45. The highest BCUT2D eigenvalue weighted by Crippen LogP contribution is 2.14. The molecule has 0 saturated heterocycles. The van der Waals surface area contributed by atoms with E-state index in [1.165, 1.54) is 0 Å². The predicted molar refractivity (Wildman–Crippen MR) is 59.8 cm³/mol. The number of amides is 1. The van der Waals surface area contributed by atoms with Crippen LogP contribution < -0.4 is 5.32 Å². The summed E-state index contributed by atoms with van der Waals surface area (Å²) in [5.74, 6) is 0.0646. The van der Waals surface area contributed by atoms with Crippen LogP contribution in [0.25, 0.3) is 0 Å². The first-order chi connectivity index (χ1) is 7.02. The Labute approximate surface area is 92.3 Å². The van der Waals surface area contributed by atoms with Gasteiger partial charge in [0.2, 0.25) is 5.91 Å². The van der Waals surface area contributed by atoms with E-state index in [1.54, 1.807) is 7.11 Å². The summed E-state index contributed by atoms with van der Waals surface area (Å²) in [6, 6.07) is 0. The number of carbonyl (C=O) groups is 1. The Bertz CT molecular complexity index is 181. The second-order valence-electron chi connectivity index (χ2n) is 4.35. The molecule has 4 heteroatoms. The van der Waals surface area contributed by atoms with Crippen LogP contribution in [0.2, 0.25) is 0 Å². The topological polar surface area (TPSA) is 47.6 Å². The molecule has 1 N–H and O–H groups in total. The summed E-state index contributed by atoms with van der Waals surface area (Å²) in [6.07, 6.45) is 0.523. The van der Waals surface area contributed by atoms with Crippen molar-refractivity contribution in [3.05, 3.63) is 0 Å². The van der Waals surface area contributed by atoms with Gasteiger partial charge in [0.1, 0.15) is 0 Å². The number of methoxy groups -OCH3 is 1. The normalized spacial score (nSPS) is 11.5. The zero-order valence-corrected chi connectivity index (χ0v) is 10.3. The Morgan fingerprint density at radius 1 is 1.33 bits per heavy atom. The summed E-state index contributed by atoms with van der Waals surface area (Å²) >= 11 is 0. The van der Waals surface area contributed by atoms with Crippen LogP contribution >= 0.6 is 0 Å². The third-order valence-electron chi connectivity index (χ3n) is 1.92. The van der Waals surface area contributed by atoms with Gasteiger partial charge < -0.3 is 14.8 Å². The second kappa shape index (κ2) is 7.65. The van der Waals surface area contributed by atoms with E-state index in [2.05, 4.69) is 19.2 Å². The molecule has 15 heavy (non-hydrogen) atoms. The van der Waals surface area contributed by atoms with E-state index in [1.807, 2.05) is 6.92 Å². The van der Waals surface area contributed by atoms with Crippen LogP contribution in [-0.4, -0.2) is 39.4 Å². The molecule has 4 nitrogen and oxygen atoms in total. The quantitative estimate of drug-likeness (QED) is 0.621. The highest BCUT2D eigenvalue weighted by atomic mass is 16.5. The molecule has 0 radical (unpaired) electrons. The minimum atomic E-state index is 0.0313. The third kappa shape index (κ3) is 8.39. The van der Waals surface area contributed by atoms with E-state index >= 15 is 0 Å². The smallest absolute Gasteiger partial charge is 0.219 e. The van der Waals surface area contributed by atoms with Gasteiger partial charge in [0.25, 0.3) is 0 Å². The van der Waals surface area contributed by atoms with Crippen LogP contribution in [0.1, 0.15) is 27.2 Å². The third-order valence-corrected chi connectivity index (χ3v) is 1.92. The van der Waals surface area contributed by atoms with Crippen molar-refractivity contribution in [2.24, 2.45) is 5.41 Å². The number of carbonyl (C=O) groups excluding carboxylic acids is 1. The van der Waals surface area contributed by atoms with E-state index in [9.17, 15) is 4.79 Å². The molecule has 0 atom stereocenters. The molecule has 90 valence electrons. The van der Waals surface area contributed by atoms with Crippen LogP contribution in [0.3, 0.4) is 0 Å². The first-order valence-corrected chi connectivity index (χ1v) is 5.35. The number of hydrogen-bond acceptors (Lipinski definition) is 3. The molecule has 0 aromatic rings. The lowest BCUT2D eigenvalue weighted by Crippen LogP contribution is -2.29. The van der Waals surface area contributed by atoms with Crippen LogP contribution in [0.15, 0.2) is 0 Å². The molecule has 0 fully saturated rings. The van der Waals surface area contributed by atoms with E-state index in [0.29, 0.717) is 32.8 Å². The average Bonchev–Trinajstić information content (AvgIpc) is 2.16. The Morgan fingerprint density at radius 2 is 2.00 bits per heavy atom. The molecule has 1 amide bonds. The molecule has 0 saturated carbocycles. The van der Waals surface area contributed by atoms with Gasteiger partial charge in [-0.05, 0) is 0 Å². The van der Waals surface area contributed by atoms with E-state index in [-0.39, 0.29) is 11.3 Å². The van der Waals surface area contributed by atoms with Gasteiger partial charge in [-0.3, -0.25) is 4.79 Å². The predicted octanol–water partition coefficient (Wildman–Crippen LogP) is 1.20. The minimum Gasteiger partial charge on any atom is -0.384 e. The Morgan fingerprint density at radius 3 is 2.53 bits per heavy atom. The summed E-state index contributed by atoms with van der Waals surface area (Å²) in [7, 11) is 1.68. The zero-order chi connectivity index (χ0) is 11.7. The van der Waals surface area contributed by atoms with Crippen molar-refractivity contribution in [1.29, 1.82) is 0 Å². The van der Waals surface area contributed by atoms with E-state index in [0.717, 1.165) is 0 Å². The summed E-state index contributed by atoms with van der Waals surface area (Å²) in [4.78, 5) is 10.9. The molecule has 0 unspecified atom stereocenters. The maximum Gasteiger partial charge on any atom is 0.219 e. The van der Waals surface area contributed by atoms with Crippen molar-refractivity contribution >= 4 is 5.91 Å². The Kier molecular flexibility index (Phi) is 7.34. The lowest BCUT2D eigenvalue weighted by Gasteiger charge is -2.23. The van der Waals surface area contributed by atoms with Gasteiger partial charge in [-0.1, -0.05) is 20.8 Å².